The van der Waals surface area contributed by atoms with Gasteiger partial charge in [0.25, 0.3) is 0 Å². The Kier molecular flexibility index (Phi) is 20.1. The van der Waals surface area contributed by atoms with Gasteiger partial charge >= 0.3 is 0 Å². The van der Waals surface area contributed by atoms with Crippen LogP contribution < -0.4 is 0 Å². The quantitative estimate of drug-likeness (QED) is 0.109. The van der Waals surface area contributed by atoms with E-state index in [1.54, 1.807) is 0 Å². The first-order valence-corrected chi connectivity index (χ1v) is 22.0. The number of rotatable bonds is 21. The van der Waals surface area contributed by atoms with Crippen LogP contribution in [0.15, 0.2) is 0 Å². The van der Waals surface area contributed by atoms with Crippen LogP contribution in [0, 0.1) is 76.4 Å². The van der Waals surface area contributed by atoms with Crippen LogP contribution in [0.2, 0.25) is 0 Å². The summed E-state index contributed by atoms with van der Waals surface area (Å²) in [7, 11) is 0. The maximum atomic E-state index is 2.74. The molecule has 0 saturated heterocycles. The summed E-state index contributed by atoms with van der Waals surface area (Å²) >= 11 is 0. The van der Waals surface area contributed by atoms with Crippen LogP contribution in [0.4, 0.5) is 0 Å². The first-order valence-electron chi connectivity index (χ1n) is 22.0. The molecule has 2 fully saturated rings. The largest absolute Gasteiger partial charge is 0.0651 e. The van der Waals surface area contributed by atoms with E-state index in [0.29, 0.717) is 5.41 Å². The molecule has 8 unspecified atom stereocenters. The van der Waals surface area contributed by atoms with Gasteiger partial charge in [-0.05, 0) is 109 Å². The van der Waals surface area contributed by atoms with Gasteiger partial charge in [0.05, 0.1) is 0 Å². The fourth-order valence-corrected chi connectivity index (χ4v) is 12.1. The third kappa shape index (κ3) is 12.1. The molecule has 2 aliphatic rings. The molecule has 0 spiro atoms. The van der Waals surface area contributed by atoms with Crippen LogP contribution in [-0.2, 0) is 0 Å². The molecule has 0 bridgehead atoms. The molecular formula is C46H90. The summed E-state index contributed by atoms with van der Waals surface area (Å²) in [5.41, 5.74) is 0.487. The molecule has 8 atom stereocenters. The van der Waals surface area contributed by atoms with E-state index in [1.165, 1.54) is 135 Å². The highest BCUT2D eigenvalue weighted by molar-refractivity contribution is 4.97. The van der Waals surface area contributed by atoms with Crippen molar-refractivity contribution >= 4 is 0 Å². The molecule has 0 heterocycles. The van der Waals surface area contributed by atoms with Crippen LogP contribution in [0.5, 0.6) is 0 Å². The van der Waals surface area contributed by atoms with Crippen molar-refractivity contribution in [1.82, 2.24) is 0 Å². The van der Waals surface area contributed by atoms with Gasteiger partial charge in [-0.2, -0.15) is 0 Å². The van der Waals surface area contributed by atoms with E-state index < -0.39 is 0 Å². The SMILES string of the molecule is CCC(CCC(CC)(C(C)C)C(C1CCCCCC1)C(CCC(C)C(C1CCCCCC1)C(CC)C(C)CC)C(C)C)CC(C)C. The highest BCUT2D eigenvalue weighted by Crippen LogP contribution is 2.56. The van der Waals surface area contributed by atoms with Crippen LogP contribution in [-0.4, -0.2) is 0 Å². The molecule has 0 N–H and O–H groups in total. The molecule has 2 rings (SSSR count). The van der Waals surface area contributed by atoms with Gasteiger partial charge in [-0.3, -0.25) is 0 Å². The second kappa shape index (κ2) is 22.0. The van der Waals surface area contributed by atoms with Crippen molar-refractivity contribution in [2.45, 2.75) is 218 Å². The Morgan fingerprint density at radius 2 is 1.09 bits per heavy atom. The lowest BCUT2D eigenvalue weighted by atomic mass is 9.52. The van der Waals surface area contributed by atoms with E-state index in [4.69, 9.17) is 0 Å². The van der Waals surface area contributed by atoms with Crippen LogP contribution in [0.1, 0.15) is 218 Å². The molecule has 274 valence electrons. The Balaban J connectivity index is 2.49. The van der Waals surface area contributed by atoms with E-state index in [9.17, 15) is 0 Å². The van der Waals surface area contributed by atoms with E-state index in [-0.39, 0.29) is 0 Å². The van der Waals surface area contributed by atoms with Crippen molar-refractivity contribution in [1.29, 1.82) is 0 Å². The lowest BCUT2D eigenvalue weighted by molar-refractivity contribution is -0.0397. The van der Waals surface area contributed by atoms with Gasteiger partial charge in [-0.15, -0.1) is 0 Å². The predicted octanol–water partition coefficient (Wildman–Crippen LogP) is 15.8. The summed E-state index contributed by atoms with van der Waals surface area (Å²) in [6.45, 7) is 30.9. The van der Waals surface area contributed by atoms with E-state index in [0.717, 1.165) is 71.0 Å². The molecule has 2 saturated carbocycles. The number of hydrogen-bond acceptors (Lipinski definition) is 0. The molecule has 0 nitrogen and oxygen atoms in total. The Morgan fingerprint density at radius 3 is 1.50 bits per heavy atom. The first kappa shape index (κ1) is 42.2. The zero-order valence-corrected chi connectivity index (χ0v) is 34.3. The Morgan fingerprint density at radius 1 is 0.543 bits per heavy atom. The average Bonchev–Trinajstić information content (AvgIpc) is 3.47. The first-order chi connectivity index (χ1) is 22.0. The minimum Gasteiger partial charge on any atom is -0.0651 e. The lowest BCUT2D eigenvalue weighted by Gasteiger charge is -2.53. The smallest absolute Gasteiger partial charge is 0.0243 e. The normalized spacial score (nSPS) is 23.8. The molecule has 0 aromatic rings. The van der Waals surface area contributed by atoms with Gasteiger partial charge in [0.15, 0.2) is 0 Å². The van der Waals surface area contributed by atoms with E-state index in [1.807, 2.05) is 0 Å². The zero-order chi connectivity index (χ0) is 34.3. The van der Waals surface area contributed by atoms with Crippen molar-refractivity contribution in [3.63, 3.8) is 0 Å². The molecule has 0 radical (unpaired) electrons. The minimum atomic E-state index is 0.487. The van der Waals surface area contributed by atoms with Crippen LogP contribution >= 0.6 is 0 Å². The second-order valence-electron chi connectivity index (χ2n) is 18.7. The van der Waals surface area contributed by atoms with Crippen molar-refractivity contribution in [2.75, 3.05) is 0 Å². The predicted molar refractivity (Wildman–Crippen MR) is 209 cm³/mol. The minimum absolute atomic E-state index is 0.487. The molecule has 0 aromatic heterocycles. The molecule has 0 aliphatic heterocycles. The summed E-state index contributed by atoms with van der Waals surface area (Å²) in [6, 6.07) is 0. The summed E-state index contributed by atoms with van der Waals surface area (Å²) in [4.78, 5) is 0. The van der Waals surface area contributed by atoms with Gasteiger partial charge < -0.3 is 0 Å². The molecular weight excluding hydrogens is 553 g/mol. The van der Waals surface area contributed by atoms with Gasteiger partial charge in [-0.25, -0.2) is 0 Å². The molecule has 0 amide bonds. The highest BCUT2D eigenvalue weighted by atomic mass is 14.5. The fourth-order valence-electron chi connectivity index (χ4n) is 12.1. The molecule has 0 heteroatoms. The number of hydrogen-bond donors (Lipinski definition) is 0. The Labute approximate surface area is 293 Å². The second-order valence-corrected chi connectivity index (χ2v) is 18.7. The zero-order valence-electron chi connectivity index (χ0n) is 34.3. The maximum Gasteiger partial charge on any atom is -0.0243 e. The fraction of sp³-hybridized carbons (Fsp3) is 1.00. The third-order valence-electron chi connectivity index (χ3n) is 15.0. The van der Waals surface area contributed by atoms with Crippen molar-refractivity contribution in [3.8, 4) is 0 Å². The van der Waals surface area contributed by atoms with Crippen molar-refractivity contribution in [3.05, 3.63) is 0 Å². The van der Waals surface area contributed by atoms with Gasteiger partial charge in [0, 0.05) is 0 Å². The molecule has 0 aromatic carbocycles. The van der Waals surface area contributed by atoms with Crippen LogP contribution in [0.25, 0.3) is 0 Å². The average molecular weight is 643 g/mol. The molecule has 2 aliphatic carbocycles. The highest BCUT2D eigenvalue weighted by Gasteiger charge is 2.48. The lowest BCUT2D eigenvalue weighted by Crippen LogP contribution is -2.45. The standard InChI is InChI=1S/C46H90/c1-13-37(11)42(15-3)44(40-25-21-17-18-22-26-40)38(12)29-30-43(35(7)8)45(41-27-23-19-20-24-28-41)46(16-4,36(9)10)32-31-39(14-2)33-34(5)6/h34-45H,13-33H2,1-12H3. The Hall–Kier alpha value is 0. The Bertz CT molecular complexity index is 731. The molecule has 46 heavy (non-hydrogen) atoms. The van der Waals surface area contributed by atoms with Crippen molar-refractivity contribution in [2.24, 2.45) is 76.4 Å². The monoisotopic (exact) mass is 643 g/mol. The summed E-state index contributed by atoms with van der Waals surface area (Å²) in [5.74, 6) is 10.6. The van der Waals surface area contributed by atoms with Gasteiger partial charge in [0.2, 0.25) is 0 Å². The maximum absolute atomic E-state index is 2.74. The third-order valence-corrected chi connectivity index (χ3v) is 15.0. The van der Waals surface area contributed by atoms with Crippen molar-refractivity contribution < 1.29 is 0 Å². The van der Waals surface area contributed by atoms with Gasteiger partial charge in [-0.1, -0.05) is 186 Å². The summed E-state index contributed by atoms with van der Waals surface area (Å²) < 4.78 is 0. The summed E-state index contributed by atoms with van der Waals surface area (Å²) in [5, 5.41) is 0. The summed E-state index contributed by atoms with van der Waals surface area (Å²) in [6.07, 6.45) is 30.8. The van der Waals surface area contributed by atoms with E-state index >= 15 is 0 Å². The topological polar surface area (TPSA) is 0 Å². The van der Waals surface area contributed by atoms with Gasteiger partial charge in [0.1, 0.15) is 0 Å². The van der Waals surface area contributed by atoms with E-state index in [2.05, 4.69) is 83.1 Å². The van der Waals surface area contributed by atoms with Crippen LogP contribution in [0.3, 0.4) is 0 Å².